The van der Waals surface area contributed by atoms with Gasteiger partial charge in [-0.1, -0.05) is 13.8 Å². The molecule has 122 valence electrons. The summed E-state index contributed by atoms with van der Waals surface area (Å²) in [7, 11) is 0. The molecule has 1 unspecified atom stereocenters. The van der Waals surface area contributed by atoms with Crippen molar-refractivity contribution in [1.29, 1.82) is 0 Å². The van der Waals surface area contributed by atoms with Gasteiger partial charge in [0.05, 0.1) is 19.0 Å². The first kappa shape index (κ1) is 19.6. The number of ketones is 1. The summed E-state index contributed by atoms with van der Waals surface area (Å²) < 4.78 is 0. The van der Waals surface area contributed by atoms with Crippen LogP contribution in [0.25, 0.3) is 0 Å². The van der Waals surface area contributed by atoms with Crippen molar-refractivity contribution in [3.8, 4) is 0 Å². The van der Waals surface area contributed by atoms with Crippen LogP contribution in [0.4, 0.5) is 0 Å². The number of amides is 1. The number of hydrogen-bond donors (Lipinski definition) is 2. The number of carboxylic acids is 1. The van der Waals surface area contributed by atoms with E-state index in [9.17, 15) is 14.4 Å². The molecule has 0 aliphatic rings. The van der Waals surface area contributed by atoms with Gasteiger partial charge >= 0.3 is 5.97 Å². The van der Waals surface area contributed by atoms with Crippen LogP contribution in [0.2, 0.25) is 0 Å². The molecule has 0 aromatic rings. The fourth-order valence-corrected chi connectivity index (χ4v) is 2.01. The standard InChI is InChI=1S/C15H28N2O4/c1-10(2)14(11(3)18)16-12(19)9-17(15(4,5)6)8-7-13(20)21/h10,14H,7-9H2,1-6H3,(H,16,19)(H,20,21). The van der Waals surface area contributed by atoms with Gasteiger partial charge in [0, 0.05) is 12.1 Å². The average Bonchev–Trinajstić information content (AvgIpc) is 2.28. The van der Waals surface area contributed by atoms with Gasteiger partial charge in [-0.3, -0.25) is 19.3 Å². The second-order valence-corrected chi connectivity index (χ2v) is 6.64. The minimum atomic E-state index is -0.895. The molecule has 0 rings (SSSR count). The lowest BCUT2D eigenvalue weighted by Crippen LogP contribution is -2.51. The molecule has 6 nitrogen and oxygen atoms in total. The fourth-order valence-electron chi connectivity index (χ4n) is 2.01. The topological polar surface area (TPSA) is 86.7 Å². The summed E-state index contributed by atoms with van der Waals surface area (Å²) in [5.74, 6) is -1.21. The van der Waals surface area contributed by atoms with Gasteiger partial charge in [0.25, 0.3) is 0 Å². The van der Waals surface area contributed by atoms with E-state index >= 15 is 0 Å². The van der Waals surface area contributed by atoms with Crippen molar-refractivity contribution in [2.45, 2.75) is 59.5 Å². The zero-order valence-electron chi connectivity index (χ0n) is 13.9. The van der Waals surface area contributed by atoms with Gasteiger partial charge < -0.3 is 10.4 Å². The quantitative estimate of drug-likeness (QED) is 0.705. The van der Waals surface area contributed by atoms with Crippen LogP contribution in [0, 0.1) is 5.92 Å². The SMILES string of the molecule is CC(=O)C(NC(=O)CN(CCC(=O)O)C(C)(C)C)C(C)C. The third-order valence-corrected chi connectivity index (χ3v) is 3.30. The summed E-state index contributed by atoms with van der Waals surface area (Å²) in [5, 5.41) is 11.5. The van der Waals surface area contributed by atoms with Gasteiger partial charge in [0.2, 0.25) is 5.91 Å². The molecule has 21 heavy (non-hydrogen) atoms. The van der Waals surface area contributed by atoms with Crippen molar-refractivity contribution < 1.29 is 19.5 Å². The molecular weight excluding hydrogens is 272 g/mol. The monoisotopic (exact) mass is 300 g/mol. The number of Topliss-reactive ketones (excluding diaryl/α,β-unsaturated/α-hetero) is 1. The zero-order chi connectivity index (χ0) is 16.8. The number of aliphatic carboxylic acids is 1. The molecule has 0 aromatic carbocycles. The van der Waals surface area contributed by atoms with E-state index in [1.165, 1.54) is 6.92 Å². The average molecular weight is 300 g/mol. The minimum Gasteiger partial charge on any atom is -0.481 e. The van der Waals surface area contributed by atoms with E-state index in [1.54, 1.807) is 4.90 Å². The predicted octanol–water partition coefficient (Wildman–Crippen LogP) is 1.29. The highest BCUT2D eigenvalue weighted by Gasteiger charge is 2.26. The molecule has 2 N–H and O–H groups in total. The molecule has 0 aliphatic heterocycles. The molecule has 0 aliphatic carbocycles. The van der Waals surface area contributed by atoms with Crippen LogP contribution in [-0.4, -0.2) is 52.3 Å². The van der Waals surface area contributed by atoms with Crippen LogP contribution >= 0.6 is 0 Å². The van der Waals surface area contributed by atoms with Crippen molar-refractivity contribution in [3.63, 3.8) is 0 Å². The maximum atomic E-state index is 12.1. The van der Waals surface area contributed by atoms with Crippen LogP contribution in [0.5, 0.6) is 0 Å². The molecule has 0 fully saturated rings. The third-order valence-electron chi connectivity index (χ3n) is 3.30. The molecule has 0 bridgehead atoms. The van der Waals surface area contributed by atoms with Crippen molar-refractivity contribution in [1.82, 2.24) is 10.2 Å². The van der Waals surface area contributed by atoms with E-state index in [0.29, 0.717) is 6.54 Å². The Kier molecular flexibility index (Phi) is 7.57. The first-order valence-corrected chi connectivity index (χ1v) is 7.21. The van der Waals surface area contributed by atoms with Crippen molar-refractivity contribution in [2.24, 2.45) is 5.92 Å². The molecule has 0 heterocycles. The van der Waals surface area contributed by atoms with Crippen LogP contribution in [-0.2, 0) is 14.4 Å². The van der Waals surface area contributed by atoms with Gasteiger partial charge in [-0.25, -0.2) is 0 Å². The Hall–Kier alpha value is -1.43. The van der Waals surface area contributed by atoms with E-state index in [2.05, 4.69) is 5.32 Å². The molecule has 1 atom stereocenters. The Morgan fingerprint density at radius 2 is 1.71 bits per heavy atom. The lowest BCUT2D eigenvalue weighted by Gasteiger charge is -2.35. The molecule has 0 spiro atoms. The molecule has 6 heteroatoms. The lowest BCUT2D eigenvalue weighted by molar-refractivity contribution is -0.138. The molecule has 0 saturated carbocycles. The molecule has 0 saturated heterocycles. The van der Waals surface area contributed by atoms with Crippen molar-refractivity contribution in [3.05, 3.63) is 0 Å². The highest BCUT2D eigenvalue weighted by atomic mass is 16.4. The van der Waals surface area contributed by atoms with Crippen LogP contribution in [0.1, 0.15) is 48.0 Å². The smallest absolute Gasteiger partial charge is 0.304 e. The number of carbonyl (C=O) groups is 3. The first-order valence-electron chi connectivity index (χ1n) is 7.21. The van der Waals surface area contributed by atoms with Crippen molar-refractivity contribution in [2.75, 3.05) is 13.1 Å². The van der Waals surface area contributed by atoms with Gasteiger partial charge in [0.1, 0.15) is 0 Å². The van der Waals surface area contributed by atoms with Gasteiger partial charge in [-0.2, -0.15) is 0 Å². The maximum absolute atomic E-state index is 12.1. The zero-order valence-corrected chi connectivity index (χ0v) is 13.9. The summed E-state index contributed by atoms with van der Waals surface area (Å²) >= 11 is 0. The lowest BCUT2D eigenvalue weighted by atomic mass is 10.0. The fraction of sp³-hybridized carbons (Fsp3) is 0.800. The van der Waals surface area contributed by atoms with Crippen molar-refractivity contribution >= 4 is 17.7 Å². The summed E-state index contributed by atoms with van der Waals surface area (Å²) in [6.07, 6.45) is -0.0229. The summed E-state index contributed by atoms with van der Waals surface area (Å²) in [5.41, 5.74) is -0.323. The van der Waals surface area contributed by atoms with Gasteiger partial charge in [0.15, 0.2) is 5.78 Å². The Balaban J connectivity index is 4.73. The molecular formula is C15H28N2O4. The minimum absolute atomic E-state index is 0.0218. The Bertz CT molecular complexity index is 386. The Morgan fingerprint density at radius 3 is 2.05 bits per heavy atom. The second-order valence-electron chi connectivity index (χ2n) is 6.64. The first-order chi connectivity index (χ1) is 9.45. The number of hydrogen-bond acceptors (Lipinski definition) is 4. The van der Waals surface area contributed by atoms with E-state index < -0.39 is 12.0 Å². The normalized spacial score (nSPS) is 13.3. The highest BCUT2D eigenvalue weighted by molar-refractivity contribution is 5.88. The van der Waals surface area contributed by atoms with E-state index in [1.807, 2.05) is 34.6 Å². The second kappa shape index (κ2) is 8.12. The molecule has 0 radical (unpaired) electrons. The van der Waals surface area contributed by atoms with Gasteiger partial charge in [-0.05, 0) is 33.6 Å². The summed E-state index contributed by atoms with van der Waals surface area (Å²) in [6, 6.07) is -0.501. The van der Waals surface area contributed by atoms with Gasteiger partial charge in [-0.15, -0.1) is 0 Å². The number of nitrogens with zero attached hydrogens (tertiary/aromatic N) is 1. The highest BCUT2D eigenvalue weighted by Crippen LogP contribution is 2.13. The number of rotatable bonds is 8. The van der Waals surface area contributed by atoms with Crippen LogP contribution in [0.3, 0.4) is 0 Å². The van der Waals surface area contributed by atoms with E-state index in [0.717, 1.165) is 0 Å². The largest absolute Gasteiger partial charge is 0.481 e. The third kappa shape index (κ3) is 7.80. The molecule has 0 aromatic heterocycles. The van der Waals surface area contributed by atoms with Crippen LogP contribution in [0.15, 0.2) is 0 Å². The predicted molar refractivity (Wildman–Crippen MR) is 81.0 cm³/mol. The Morgan fingerprint density at radius 1 is 1.19 bits per heavy atom. The number of carbonyl (C=O) groups excluding carboxylic acids is 2. The number of nitrogens with one attached hydrogen (secondary N) is 1. The van der Waals surface area contributed by atoms with Crippen LogP contribution < -0.4 is 5.32 Å². The Labute approximate surface area is 126 Å². The maximum Gasteiger partial charge on any atom is 0.304 e. The summed E-state index contributed by atoms with van der Waals surface area (Å²) in [6.45, 7) is 11.3. The molecule has 1 amide bonds. The van der Waals surface area contributed by atoms with E-state index in [4.69, 9.17) is 5.11 Å². The van der Waals surface area contributed by atoms with E-state index in [-0.39, 0.29) is 36.1 Å². The number of carboxylic acid groups (broad SMARTS) is 1. The summed E-state index contributed by atoms with van der Waals surface area (Å²) in [4.78, 5) is 36.1.